The summed E-state index contributed by atoms with van der Waals surface area (Å²) in [6, 6.07) is 45.9. The summed E-state index contributed by atoms with van der Waals surface area (Å²) in [6.07, 6.45) is 0. The van der Waals surface area contributed by atoms with Crippen LogP contribution >= 0.6 is 0 Å². The topological polar surface area (TPSA) is 4.93 Å². The molecule has 0 aliphatic heterocycles. The van der Waals surface area contributed by atoms with Gasteiger partial charge in [0, 0.05) is 27.8 Å². The van der Waals surface area contributed by atoms with Crippen LogP contribution < -0.4 is 0 Å². The number of hydrogen-bond acceptors (Lipinski definition) is 0. The predicted octanol–water partition coefficient (Wildman–Crippen LogP) is 11.2. The zero-order chi connectivity index (χ0) is 29.0. The summed E-state index contributed by atoms with van der Waals surface area (Å²) in [5.74, 6) is 0.380. The van der Waals surface area contributed by atoms with Gasteiger partial charge in [-0.3, -0.25) is 0 Å². The van der Waals surface area contributed by atoms with E-state index in [9.17, 15) is 0 Å². The molecule has 0 radical (unpaired) electrons. The quantitative estimate of drug-likeness (QED) is 0.201. The van der Waals surface area contributed by atoms with E-state index in [1.165, 1.54) is 88.7 Å². The summed E-state index contributed by atoms with van der Waals surface area (Å²) in [5.41, 5.74) is 18.6. The first-order chi connectivity index (χ1) is 20.9. The SMILES string of the molecule is Cc1ccc(-c2ccc3c(c2)c2cc4c(cc2n3-c2ccc3c(c2)C(C)c2ccccc2-3)C(C)(C)c2ccccc2-4)cc1. The molecule has 0 bridgehead atoms. The van der Waals surface area contributed by atoms with Crippen molar-refractivity contribution in [3.05, 3.63) is 149 Å². The molecular formula is C42H33N. The lowest BCUT2D eigenvalue weighted by Gasteiger charge is -2.21. The van der Waals surface area contributed by atoms with Gasteiger partial charge in [0.05, 0.1) is 11.0 Å². The lowest BCUT2D eigenvalue weighted by molar-refractivity contribution is 0.661. The van der Waals surface area contributed by atoms with Crippen molar-refractivity contribution in [2.24, 2.45) is 0 Å². The van der Waals surface area contributed by atoms with Crippen LogP contribution in [0.3, 0.4) is 0 Å². The Balaban J connectivity index is 1.34. The van der Waals surface area contributed by atoms with Crippen molar-refractivity contribution in [1.29, 1.82) is 0 Å². The highest BCUT2D eigenvalue weighted by Gasteiger charge is 2.36. The Bertz CT molecular complexity index is 2280. The van der Waals surface area contributed by atoms with Gasteiger partial charge < -0.3 is 4.57 Å². The third-order valence-electron chi connectivity index (χ3n) is 10.3. The van der Waals surface area contributed by atoms with Crippen molar-refractivity contribution in [1.82, 2.24) is 4.57 Å². The maximum absolute atomic E-state index is 2.51. The van der Waals surface area contributed by atoms with Gasteiger partial charge in [-0.25, -0.2) is 0 Å². The fourth-order valence-corrected chi connectivity index (χ4v) is 8.00. The van der Waals surface area contributed by atoms with Gasteiger partial charge in [0.15, 0.2) is 0 Å². The second-order valence-electron chi connectivity index (χ2n) is 13.1. The van der Waals surface area contributed by atoms with Gasteiger partial charge >= 0.3 is 0 Å². The number of hydrogen-bond donors (Lipinski definition) is 0. The molecule has 2 aliphatic carbocycles. The van der Waals surface area contributed by atoms with Gasteiger partial charge in [0.25, 0.3) is 0 Å². The average molecular weight is 552 g/mol. The summed E-state index contributed by atoms with van der Waals surface area (Å²) < 4.78 is 2.51. The molecule has 6 aromatic carbocycles. The number of fused-ring (bicyclic) bond motifs is 9. The van der Waals surface area contributed by atoms with Crippen LogP contribution in [0.5, 0.6) is 0 Å². The maximum atomic E-state index is 2.51. The molecular weight excluding hydrogens is 518 g/mol. The zero-order valence-corrected chi connectivity index (χ0v) is 25.1. The maximum Gasteiger partial charge on any atom is 0.0544 e. The summed E-state index contributed by atoms with van der Waals surface area (Å²) >= 11 is 0. The molecule has 1 atom stereocenters. The summed E-state index contributed by atoms with van der Waals surface area (Å²) in [5, 5.41) is 2.61. The van der Waals surface area contributed by atoms with Gasteiger partial charge in [0.2, 0.25) is 0 Å². The molecule has 1 unspecified atom stereocenters. The molecule has 0 amide bonds. The van der Waals surface area contributed by atoms with E-state index >= 15 is 0 Å². The van der Waals surface area contributed by atoms with E-state index in [0.717, 1.165) is 0 Å². The highest BCUT2D eigenvalue weighted by Crippen LogP contribution is 2.51. The van der Waals surface area contributed by atoms with Crippen LogP contribution in [0.4, 0.5) is 0 Å². The third kappa shape index (κ3) is 3.34. The van der Waals surface area contributed by atoms with Crippen molar-refractivity contribution in [3.63, 3.8) is 0 Å². The van der Waals surface area contributed by atoms with Crippen LogP contribution in [0.15, 0.2) is 121 Å². The molecule has 2 aliphatic rings. The van der Waals surface area contributed by atoms with Crippen molar-refractivity contribution in [2.45, 2.75) is 39.0 Å². The van der Waals surface area contributed by atoms with E-state index in [-0.39, 0.29) is 5.41 Å². The van der Waals surface area contributed by atoms with Crippen LogP contribution in [-0.2, 0) is 5.41 Å². The molecule has 1 heteroatoms. The molecule has 1 aromatic heterocycles. The molecule has 43 heavy (non-hydrogen) atoms. The monoisotopic (exact) mass is 551 g/mol. The van der Waals surface area contributed by atoms with Gasteiger partial charge in [-0.2, -0.15) is 0 Å². The Kier molecular flexibility index (Phi) is 4.93. The van der Waals surface area contributed by atoms with E-state index in [4.69, 9.17) is 0 Å². The standard InChI is InChI=1S/C42H33N/c1-25-13-15-27(16-14-25)28-17-20-40-36(21-28)37-23-35-33-11-7-8-12-38(33)42(3,4)39(35)24-41(37)43(40)29-18-19-32-31-10-6-5-9-30(31)26(2)34(32)22-29/h5-24,26H,1-4H3. The van der Waals surface area contributed by atoms with E-state index in [0.29, 0.717) is 5.92 Å². The van der Waals surface area contributed by atoms with Crippen LogP contribution in [0.1, 0.15) is 54.5 Å². The molecule has 0 saturated heterocycles. The van der Waals surface area contributed by atoms with E-state index in [1.54, 1.807) is 0 Å². The van der Waals surface area contributed by atoms with Crippen molar-refractivity contribution < 1.29 is 0 Å². The molecule has 0 saturated carbocycles. The van der Waals surface area contributed by atoms with Crippen molar-refractivity contribution in [3.8, 4) is 39.1 Å². The van der Waals surface area contributed by atoms with Gasteiger partial charge in [-0.15, -0.1) is 0 Å². The second kappa shape index (κ2) is 8.58. The minimum atomic E-state index is -0.0530. The molecule has 0 spiro atoms. The molecule has 0 N–H and O–H groups in total. The minimum absolute atomic E-state index is 0.0530. The Morgan fingerprint density at radius 3 is 2.07 bits per heavy atom. The molecule has 7 aromatic rings. The highest BCUT2D eigenvalue weighted by molar-refractivity contribution is 6.12. The van der Waals surface area contributed by atoms with Crippen LogP contribution in [0, 0.1) is 6.92 Å². The van der Waals surface area contributed by atoms with Crippen LogP contribution in [0.2, 0.25) is 0 Å². The molecule has 9 rings (SSSR count). The lowest BCUT2D eigenvalue weighted by atomic mass is 9.82. The molecule has 1 nitrogen and oxygen atoms in total. The largest absolute Gasteiger partial charge is 0.309 e. The third-order valence-corrected chi connectivity index (χ3v) is 10.3. The Labute approximate surface area is 253 Å². The number of rotatable bonds is 2. The number of aromatic nitrogens is 1. The summed E-state index contributed by atoms with van der Waals surface area (Å²) in [4.78, 5) is 0. The minimum Gasteiger partial charge on any atom is -0.309 e. The van der Waals surface area contributed by atoms with E-state index in [2.05, 4.69) is 154 Å². The van der Waals surface area contributed by atoms with E-state index in [1.807, 2.05) is 0 Å². The average Bonchev–Trinajstić information content (AvgIpc) is 3.59. The fraction of sp³-hybridized carbons (Fsp3) is 0.143. The normalized spacial score (nSPS) is 15.9. The number of benzene rings is 6. The fourth-order valence-electron chi connectivity index (χ4n) is 8.00. The van der Waals surface area contributed by atoms with Crippen LogP contribution in [-0.4, -0.2) is 4.57 Å². The first kappa shape index (κ1) is 24.7. The highest BCUT2D eigenvalue weighted by atomic mass is 15.0. The van der Waals surface area contributed by atoms with Crippen molar-refractivity contribution in [2.75, 3.05) is 0 Å². The van der Waals surface area contributed by atoms with Crippen LogP contribution in [0.25, 0.3) is 60.9 Å². The molecule has 1 heterocycles. The van der Waals surface area contributed by atoms with E-state index < -0.39 is 0 Å². The lowest BCUT2D eigenvalue weighted by Crippen LogP contribution is -2.15. The Morgan fingerprint density at radius 1 is 0.535 bits per heavy atom. The first-order valence-electron chi connectivity index (χ1n) is 15.4. The summed E-state index contributed by atoms with van der Waals surface area (Å²) in [6.45, 7) is 9.25. The zero-order valence-electron chi connectivity index (χ0n) is 25.1. The van der Waals surface area contributed by atoms with Gasteiger partial charge in [-0.1, -0.05) is 111 Å². The number of nitrogens with zero attached hydrogens (tertiary/aromatic N) is 1. The number of aryl methyl sites for hydroxylation is 1. The van der Waals surface area contributed by atoms with Crippen molar-refractivity contribution >= 4 is 21.8 Å². The molecule has 0 fully saturated rings. The Hall–Kier alpha value is -4.88. The first-order valence-corrected chi connectivity index (χ1v) is 15.4. The summed E-state index contributed by atoms with van der Waals surface area (Å²) in [7, 11) is 0. The Morgan fingerprint density at radius 2 is 1.23 bits per heavy atom. The van der Waals surface area contributed by atoms with Gasteiger partial charge in [0.1, 0.15) is 0 Å². The molecule has 206 valence electrons. The van der Waals surface area contributed by atoms with Gasteiger partial charge in [-0.05, 0) is 99.0 Å². The predicted molar refractivity (Wildman–Crippen MR) is 181 cm³/mol. The smallest absolute Gasteiger partial charge is 0.0544 e. The second-order valence-corrected chi connectivity index (χ2v) is 13.1.